The van der Waals surface area contributed by atoms with E-state index in [4.69, 9.17) is 14.2 Å². The van der Waals surface area contributed by atoms with Crippen molar-refractivity contribution in [3.63, 3.8) is 0 Å². The molecule has 0 saturated heterocycles. The maximum absolute atomic E-state index is 12.6. The van der Waals surface area contributed by atoms with Crippen molar-refractivity contribution in [1.82, 2.24) is 10.6 Å². The van der Waals surface area contributed by atoms with E-state index in [1.807, 2.05) is 0 Å². The number of nitrogens with one attached hydrogen (secondary N) is 2. The van der Waals surface area contributed by atoms with Gasteiger partial charge in [0, 0.05) is 24.9 Å². The van der Waals surface area contributed by atoms with Crippen LogP contribution in [0.4, 0.5) is 15.3 Å². The zero-order chi connectivity index (χ0) is 26.6. The van der Waals surface area contributed by atoms with Crippen molar-refractivity contribution in [2.45, 2.75) is 51.7 Å². The summed E-state index contributed by atoms with van der Waals surface area (Å²) in [5, 5.41) is 15.7. The summed E-state index contributed by atoms with van der Waals surface area (Å²) in [6.45, 7) is 4.92. The zero-order valence-electron chi connectivity index (χ0n) is 20.1. The number of esters is 1. The molecule has 1 aromatic rings. The second-order valence-electron chi connectivity index (χ2n) is 8.56. The smallest absolute Gasteiger partial charge is 0.408 e. The number of amides is 2. The maximum Gasteiger partial charge on any atom is 0.408 e. The minimum atomic E-state index is -3.24. The molecule has 2 N–H and O–H groups in total. The van der Waals surface area contributed by atoms with Crippen LogP contribution in [0.25, 0.3) is 0 Å². The summed E-state index contributed by atoms with van der Waals surface area (Å²) in [5.41, 5.74) is -0.964. The number of nitro groups is 1. The molecule has 0 radical (unpaired) electrons. The molecule has 2 amide bonds. The first kappa shape index (κ1) is 29.6. The van der Waals surface area contributed by atoms with Gasteiger partial charge < -0.3 is 24.8 Å². The third kappa shape index (κ3) is 13.8. The van der Waals surface area contributed by atoms with Gasteiger partial charge in [-0.1, -0.05) is 0 Å². The highest BCUT2D eigenvalue weighted by Crippen LogP contribution is 2.18. The second-order valence-corrected chi connectivity index (χ2v) is 10.8. The van der Waals surface area contributed by atoms with Crippen molar-refractivity contribution in [1.29, 1.82) is 0 Å². The summed E-state index contributed by atoms with van der Waals surface area (Å²) in [4.78, 5) is 46.5. The molecule has 0 saturated carbocycles. The Labute approximate surface area is 203 Å². The van der Waals surface area contributed by atoms with Crippen LogP contribution in [0.5, 0.6) is 5.75 Å². The summed E-state index contributed by atoms with van der Waals surface area (Å²) in [6.07, 6.45) is 0.390. The number of carbonyl (C=O) groups excluding carboxylic acids is 3. The molecular formula is C21H31N3O10S. The van der Waals surface area contributed by atoms with Crippen LogP contribution in [-0.4, -0.2) is 68.3 Å². The summed E-state index contributed by atoms with van der Waals surface area (Å²) >= 11 is 0. The van der Waals surface area contributed by atoms with Gasteiger partial charge in [-0.15, -0.1) is 0 Å². The summed E-state index contributed by atoms with van der Waals surface area (Å²) in [5.74, 6) is -1.01. The summed E-state index contributed by atoms with van der Waals surface area (Å²) in [6, 6.07) is 3.81. The summed E-state index contributed by atoms with van der Waals surface area (Å²) < 4.78 is 37.2. The number of carbonyl (C=O) groups is 3. The molecule has 0 bridgehead atoms. The lowest BCUT2D eigenvalue weighted by Gasteiger charge is -2.23. The van der Waals surface area contributed by atoms with E-state index >= 15 is 0 Å². The minimum absolute atomic E-state index is 0.0649. The number of non-ortho nitro benzene ring substituents is 1. The van der Waals surface area contributed by atoms with Crippen LogP contribution in [-0.2, 0) is 24.1 Å². The highest BCUT2D eigenvalue weighted by Gasteiger charge is 2.26. The van der Waals surface area contributed by atoms with Gasteiger partial charge in [0.15, 0.2) is 9.84 Å². The fourth-order valence-electron chi connectivity index (χ4n) is 2.52. The van der Waals surface area contributed by atoms with Gasteiger partial charge in [-0.05, 0) is 52.2 Å². The van der Waals surface area contributed by atoms with Gasteiger partial charge in [-0.25, -0.2) is 22.8 Å². The molecule has 0 heterocycles. The average molecular weight is 518 g/mol. The van der Waals surface area contributed by atoms with Crippen molar-refractivity contribution in [3.05, 3.63) is 34.4 Å². The topological polar surface area (TPSA) is 180 Å². The molecule has 0 fully saturated rings. The molecule has 0 spiro atoms. The zero-order valence-corrected chi connectivity index (χ0v) is 20.9. The molecule has 196 valence electrons. The van der Waals surface area contributed by atoms with Gasteiger partial charge in [-0.2, -0.15) is 0 Å². The van der Waals surface area contributed by atoms with Crippen LogP contribution in [0.1, 0.15) is 40.0 Å². The first-order valence-electron chi connectivity index (χ1n) is 10.7. The van der Waals surface area contributed by atoms with E-state index in [0.29, 0.717) is 12.8 Å². The Kier molecular flexibility index (Phi) is 11.4. The lowest BCUT2D eigenvalue weighted by molar-refractivity contribution is -0.384. The SMILES string of the molecule is CC(C)(C)OC(=O)N[C@@H](CCCCNC(=O)OCCS(C)(=O)=O)C(=O)Oc1ccc([N+](=O)[O-])cc1. The van der Waals surface area contributed by atoms with E-state index in [9.17, 15) is 32.9 Å². The van der Waals surface area contributed by atoms with Crippen molar-refractivity contribution in [3.8, 4) is 5.75 Å². The van der Waals surface area contributed by atoms with Crippen LogP contribution in [0.15, 0.2) is 24.3 Å². The average Bonchev–Trinajstić information content (AvgIpc) is 2.70. The molecule has 0 aromatic heterocycles. The highest BCUT2D eigenvalue weighted by atomic mass is 32.2. The van der Waals surface area contributed by atoms with E-state index in [1.165, 1.54) is 24.3 Å². The van der Waals surface area contributed by atoms with Crippen LogP contribution in [0.2, 0.25) is 0 Å². The van der Waals surface area contributed by atoms with Crippen LogP contribution < -0.4 is 15.4 Å². The van der Waals surface area contributed by atoms with E-state index in [-0.39, 0.29) is 36.8 Å². The number of rotatable bonds is 12. The quantitative estimate of drug-likeness (QED) is 0.137. The van der Waals surface area contributed by atoms with Crippen molar-refractivity contribution in [2.75, 3.05) is 25.2 Å². The monoisotopic (exact) mass is 517 g/mol. The van der Waals surface area contributed by atoms with Crippen LogP contribution in [0, 0.1) is 10.1 Å². The van der Waals surface area contributed by atoms with Crippen molar-refractivity contribution >= 4 is 33.7 Å². The number of nitro benzene ring substituents is 1. The number of unbranched alkanes of at least 4 members (excludes halogenated alkanes) is 1. The number of nitrogens with zero attached hydrogens (tertiary/aromatic N) is 1. The second kappa shape index (κ2) is 13.5. The van der Waals surface area contributed by atoms with E-state index in [1.54, 1.807) is 20.8 Å². The van der Waals surface area contributed by atoms with Gasteiger partial charge in [0.25, 0.3) is 5.69 Å². The fourth-order valence-corrected chi connectivity index (χ4v) is 2.91. The molecule has 1 rings (SSSR count). The van der Waals surface area contributed by atoms with Gasteiger partial charge in [-0.3, -0.25) is 10.1 Å². The normalized spacial score (nSPS) is 12.2. The third-order valence-electron chi connectivity index (χ3n) is 4.12. The molecule has 0 unspecified atom stereocenters. The largest absolute Gasteiger partial charge is 0.448 e. The van der Waals surface area contributed by atoms with E-state index in [0.717, 1.165) is 6.26 Å². The van der Waals surface area contributed by atoms with Crippen LogP contribution in [0.3, 0.4) is 0 Å². The number of benzene rings is 1. The lowest BCUT2D eigenvalue weighted by atomic mass is 10.1. The van der Waals surface area contributed by atoms with Crippen molar-refractivity contribution in [2.24, 2.45) is 0 Å². The number of sulfone groups is 1. The Bertz CT molecular complexity index is 988. The molecule has 35 heavy (non-hydrogen) atoms. The number of hydrogen-bond acceptors (Lipinski definition) is 10. The molecule has 1 aromatic carbocycles. The first-order chi connectivity index (χ1) is 16.2. The van der Waals surface area contributed by atoms with Crippen molar-refractivity contribution < 1.29 is 41.9 Å². The molecule has 0 aliphatic heterocycles. The minimum Gasteiger partial charge on any atom is -0.448 e. The standard InChI is InChI=1S/C21H31N3O10S/c1-21(2,3)34-20(27)23-17(18(25)33-16-10-8-15(9-11-16)24(28)29)7-5-6-12-22-19(26)32-13-14-35(4,30)31/h8-11,17H,5-7,12-14H2,1-4H3,(H,22,26)(H,23,27)/t17-/m0/s1. The molecule has 14 heteroatoms. The molecule has 13 nitrogen and oxygen atoms in total. The maximum atomic E-state index is 12.6. The predicted molar refractivity (Wildman–Crippen MR) is 125 cm³/mol. The Hall–Kier alpha value is -3.42. The lowest BCUT2D eigenvalue weighted by Crippen LogP contribution is -2.45. The van der Waals surface area contributed by atoms with E-state index < -0.39 is 44.6 Å². The Morgan fingerprint density at radius 1 is 1.09 bits per heavy atom. The Balaban J connectivity index is 2.61. The van der Waals surface area contributed by atoms with Gasteiger partial charge >= 0.3 is 18.2 Å². The van der Waals surface area contributed by atoms with E-state index in [2.05, 4.69) is 10.6 Å². The van der Waals surface area contributed by atoms with Gasteiger partial charge in [0.05, 0.1) is 10.7 Å². The number of hydrogen-bond donors (Lipinski definition) is 2. The predicted octanol–water partition coefficient (Wildman–Crippen LogP) is 2.33. The summed E-state index contributed by atoms with van der Waals surface area (Å²) in [7, 11) is -3.24. The van der Waals surface area contributed by atoms with Crippen LogP contribution >= 0.6 is 0 Å². The number of ether oxygens (including phenoxy) is 3. The Morgan fingerprint density at radius 3 is 2.26 bits per heavy atom. The number of alkyl carbamates (subject to hydrolysis) is 2. The van der Waals surface area contributed by atoms with Gasteiger partial charge in [0.1, 0.15) is 24.0 Å². The Morgan fingerprint density at radius 2 is 1.71 bits per heavy atom. The third-order valence-corrected chi connectivity index (χ3v) is 5.03. The molecular weight excluding hydrogens is 486 g/mol. The molecule has 0 aliphatic rings. The molecule has 0 aliphatic carbocycles. The highest BCUT2D eigenvalue weighted by molar-refractivity contribution is 7.90. The first-order valence-corrected chi connectivity index (χ1v) is 12.8. The molecule has 1 atom stereocenters. The van der Waals surface area contributed by atoms with Gasteiger partial charge in [0.2, 0.25) is 0 Å². The fraction of sp³-hybridized carbons (Fsp3) is 0.571.